The van der Waals surface area contributed by atoms with E-state index in [9.17, 15) is 4.79 Å². The molecule has 3 rings (SSSR count). The Morgan fingerprint density at radius 2 is 2.37 bits per heavy atom. The van der Waals surface area contributed by atoms with Gasteiger partial charge in [0.25, 0.3) is 0 Å². The van der Waals surface area contributed by atoms with Crippen LogP contribution < -0.4 is 11.1 Å². The number of carbonyl (C=O) groups excluding carboxylic acids is 1. The monoisotopic (exact) mass is 281 g/mol. The van der Waals surface area contributed by atoms with Crippen LogP contribution in [-0.4, -0.2) is 23.0 Å². The minimum Gasteiger partial charge on any atom is -0.462 e. The van der Waals surface area contributed by atoms with Crippen molar-refractivity contribution in [2.24, 2.45) is 11.8 Å². The summed E-state index contributed by atoms with van der Waals surface area (Å²) in [6, 6.07) is 0.465. The molecule has 0 radical (unpaired) electrons. The molecule has 2 fully saturated rings. The first kappa shape index (κ1) is 12.7. The maximum atomic E-state index is 11.9. The summed E-state index contributed by atoms with van der Waals surface area (Å²) in [6.07, 6.45) is 5.18. The zero-order chi connectivity index (χ0) is 13.4. The second kappa shape index (κ2) is 5.00. The molecule has 2 saturated carbocycles. The van der Waals surface area contributed by atoms with Crippen LogP contribution in [0, 0.1) is 11.8 Å². The molecule has 0 spiro atoms. The van der Waals surface area contributed by atoms with Crippen LogP contribution in [-0.2, 0) is 4.74 Å². The molecule has 1 aromatic heterocycles. The average molecular weight is 281 g/mol. The maximum Gasteiger partial charge on any atom is 0.344 e. The van der Waals surface area contributed by atoms with Gasteiger partial charge in [0, 0.05) is 6.04 Å². The van der Waals surface area contributed by atoms with E-state index in [1.165, 1.54) is 37.2 Å². The first-order valence-corrected chi connectivity index (χ1v) is 7.65. The van der Waals surface area contributed by atoms with Crippen LogP contribution in [0.1, 0.15) is 43.0 Å². The van der Waals surface area contributed by atoms with Crippen LogP contribution in [0.2, 0.25) is 0 Å². The molecule has 2 bridgehead atoms. The van der Waals surface area contributed by atoms with Crippen LogP contribution in [0.5, 0.6) is 0 Å². The molecule has 104 valence electrons. The fraction of sp³-hybridized carbons (Fsp3) is 0.692. The zero-order valence-corrected chi connectivity index (χ0v) is 11.8. The molecule has 2 aliphatic rings. The SMILES string of the molecule is CCOC(=O)c1c(N)nsc1NC1CC2CCC1C2. The highest BCUT2D eigenvalue weighted by Crippen LogP contribution is 2.46. The lowest BCUT2D eigenvalue weighted by Gasteiger charge is -2.23. The summed E-state index contributed by atoms with van der Waals surface area (Å²) in [6.45, 7) is 2.14. The van der Waals surface area contributed by atoms with E-state index < -0.39 is 0 Å². The Kier molecular flexibility index (Phi) is 3.35. The molecule has 1 aromatic rings. The largest absolute Gasteiger partial charge is 0.462 e. The van der Waals surface area contributed by atoms with Gasteiger partial charge >= 0.3 is 5.97 Å². The van der Waals surface area contributed by atoms with Gasteiger partial charge in [0.1, 0.15) is 10.6 Å². The van der Waals surface area contributed by atoms with Gasteiger partial charge in [-0.2, -0.15) is 4.37 Å². The van der Waals surface area contributed by atoms with Gasteiger partial charge in [-0.15, -0.1) is 0 Å². The fourth-order valence-electron chi connectivity index (χ4n) is 3.39. The molecule has 6 heteroatoms. The second-order valence-electron chi connectivity index (χ2n) is 5.42. The highest BCUT2D eigenvalue weighted by molar-refractivity contribution is 7.11. The highest BCUT2D eigenvalue weighted by Gasteiger charge is 2.40. The predicted molar refractivity (Wildman–Crippen MR) is 75.3 cm³/mol. The topological polar surface area (TPSA) is 77.2 Å². The van der Waals surface area contributed by atoms with Crippen molar-refractivity contribution in [1.29, 1.82) is 0 Å². The summed E-state index contributed by atoms with van der Waals surface area (Å²) >= 11 is 1.26. The van der Waals surface area contributed by atoms with Gasteiger partial charge in [-0.05, 0) is 49.6 Å². The highest BCUT2D eigenvalue weighted by atomic mass is 32.1. The predicted octanol–water partition coefficient (Wildman–Crippen LogP) is 2.50. The molecule has 3 unspecified atom stereocenters. The molecular formula is C13H19N3O2S. The minimum absolute atomic E-state index is 0.272. The molecule has 1 heterocycles. The molecule has 5 nitrogen and oxygen atoms in total. The Morgan fingerprint density at radius 1 is 1.53 bits per heavy atom. The summed E-state index contributed by atoms with van der Waals surface area (Å²) < 4.78 is 9.12. The number of hydrogen-bond donors (Lipinski definition) is 2. The molecule has 3 atom stereocenters. The summed E-state index contributed by atoms with van der Waals surface area (Å²) in [4.78, 5) is 11.9. The number of esters is 1. The quantitative estimate of drug-likeness (QED) is 0.829. The summed E-state index contributed by atoms with van der Waals surface area (Å²) in [7, 11) is 0. The van der Waals surface area contributed by atoms with E-state index in [-0.39, 0.29) is 11.8 Å². The van der Waals surface area contributed by atoms with Gasteiger partial charge in [-0.25, -0.2) is 4.79 Å². The van der Waals surface area contributed by atoms with E-state index in [4.69, 9.17) is 10.5 Å². The van der Waals surface area contributed by atoms with Gasteiger partial charge in [0.2, 0.25) is 0 Å². The molecule has 0 amide bonds. The molecule has 0 saturated heterocycles. The van der Waals surface area contributed by atoms with Crippen LogP contribution >= 0.6 is 11.5 Å². The van der Waals surface area contributed by atoms with E-state index in [1.54, 1.807) is 6.92 Å². The lowest BCUT2D eigenvalue weighted by atomic mass is 9.95. The van der Waals surface area contributed by atoms with E-state index in [0.717, 1.165) is 16.8 Å². The summed E-state index contributed by atoms with van der Waals surface area (Å²) in [5.41, 5.74) is 6.19. The number of hydrogen-bond acceptors (Lipinski definition) is 6. The molecule has 19 heavy (non-hydrogen) atoms. The first-order chi connectivity index (χ1) is 9.19. The van der Waals surface area contributed by atoms with Crippen molar-refractivity contribution in [2.75, 3.05) is 17.7 Å². The Bertz CT molecular complexity index is 488. The number of carbonyl (C=O) groups is 1. The number of anilines is 2. The molecule has 2 aliphatic carbocycles. The number of ether oxygens (including phenoxy) is 1. The number of fused-ring (bicyclic) bond motifs is 2. The van der Waals surface area contributed by atoms with Crippen molar-refractivity contribution in [2.45, 2.75) is 38.6 Å². The fourth-order valence-corrected chi connectivity index (χ4v) is 4.16. The number of nitrogen functional groups attached to an aromatic ring is 1. The normalized spacial score (nSPS) is 28.6. The first-order valence-electron chi connectivity index (χ1n) is 6.87. The lowest BCUT2D eigenvalue weighted by Crippen LogP contribution is -2.26. The van der Waals surface area contributed by atoms with Gasteiger partial charge in [-0.1, -0.05) is 6.42 Å². The minimum atomic E-state index is -0.376. The summed E-state index contributed by atoms with van der Waals surface area (Å²) in [5, 5.41) is 4.25. The van der Waals surface area contributed by atoms with Crippen molar-refractivity contribution < 1.29 is 9.53 Å². The van der Waals surface area contributed by atoms with Crippen molar-refractivity contribution in [3.05, 3.63) is 5.56 Å². The van der Waals surface area contributed by atoms with Crippen LogP contribution in [0.15, 0.2) is 0 Å². The Labute approximate surface area is 116 Å². The molecule has 0 aromatic carbocycles. The maximum absolute atomic E-state index is 11.9. The van der Waals surface area contributed by atoms with Crippen LogP contribution in [0.4, 0.5) is 10.8 Å². The molecular weight excluding hydrogens is 262 g/mol. The molecule has 0 aliphatic heterocycles. The average Bonchev–Trinajstić information content (AvgIpc) is 3.06. The third kappa shape index (κ3) is 2.29. The third-order valence-electron chi connectivity index (χ3n) is 4.25. The number of aromatic nitrogens is 1. The van der Waals surface area contributed by atoms with E-state index >= 15 is 0 Å². The van der Waals surface area contributed by atoms with Gasteiger partial charge in [-0.3, -0.25) is 0 Å². The molecule has 3 N–H and O–H groups in total. The van der Waals surface area contributed by atoms with Crippen molar-refractivity contribution in [3.63, 3.8) is 0 Å². The Balaban J connectivity index is 1.76. The van der Waals surface area contributed by atoms with Crippen LogP contribution in [0.3, 0.4) is 0 Å². The number of nitrogens with one attached hydrogen (secondary N) is 1. The van der Waals surface area contributed by atoms with Gasteiger partial charge in [0.15, 0.2) is 5.82 Å². The Morgan fingerprint density at radius 3 is 3.00 bits per heavy atom. The number of rotatable bonds is 4. The van der Waals surface area contributed by atoms with Crippen molar-refractivity contribution in [3.8, 4) is 0 Å². The number of nitrogens with two attached hydrogens (primary N) is 1. The lowest BCUT2D eigenvalue weighted by molar-refractivity contribution is 0.0529. The van der Waals surface area contributed by atoms with Crippen molar-refractivity contribution >= 4 is 28.3 Å². The summed E-state index contributed by atoms with van der Waals surface area (Å²) in [5.74, 6) is 1.50. The second-order valence-corrected chi connectivity index (χ2v) is 6.19. The van der Waals surface area contributed by atoms with Crippen LogP contribution in [0.25, 0.3) is 0 Å². The Hall–Kier alpha value is -1.30. The van der Waals surface area contributed by atoms with Gasteiger partial charge in [0.05, 0.1) is 6.61 Å². The van der Waals surface area contributed by atoms with E-state index in [0.29, 0.717) is 18.2 Å². The number of nitrogens with zero attached hydrogens (tertiary/aromatic N) is 1. The van der Waals surface area contributed by atoms with E-state index in [2.05, 4.69) is 9.69 Å². The van der Waals surface area contributed by atoms with Gasteiger partial charge < -0.3 is 15.8 Å². The van der Waals surface area contributed by atoms with Crippen molar-refractivity contribution in [1.82, 2.24) is 4.37 Å². The standard InChI is InChI=1S/C13H19N3O2S/c1-2-18-13(17)10-11(14)16-19-12(10)15-9-6-7-3-4-8(9)5-7/h7-9,15H,2-6H2,1H3,(H2,14,16). The van der Waals surface area contributed by atoms with E-state index in [1.807, 2.05) is 0 Å². The third-order valence-corrected chi connectivity index (χ3v) is 5.05. The zero-order valence-electron chi connectivity index (χ0n) is 11.0. The smallest absolute Gasteiger partial charge is 0.344 e.